The van der Waals surface area contributed by atoms with Crippen LogP contribution in [0, 0.1) is 5.92 Å². The second kappa shape index (κ2) is 6.72. The van der Waals surface area contributed by atoms with Gasteiger partial charge in [-0.15, -0.1) is 0 Å². The van der Waals surface area contributed by atoms with Gasteiger partial charge in [0.05, 0.1) is 12.7 Å². The van der Waals surface area contributed by atoms with Gasteiger partial charge in [0.15, 0.2) is 6.29 Å². The Labute approximate surface area is 110 Å². The van der Waals surface area contributed by atoms with E-state index in [2.05, 4.69) is 31.2 Å². The van der Waals surface area contributed by atoms with Crippen molar-refractivity contribution in [1.82, 2.24) is 0 Å². The van der Waals surface area contributed by atoms with Crippen LogP contribution in [0.2, 0.25) is 0 Å². The average molecular weight is 246 g/mol. The maximum absolute atomic E-state index is 5.95. The SMILES string of the molecule is C/C=C/[C@H]1OC(OCc2ccccc2)CC[C@@H]1C. The highest BCUT2D eigenvalue weighted by Gasteiger charge is 2.26. The van der Waals surface area contributed by atoms with Crippen LogP contribution < -0.4 is 0 Å². The summed E-state index contributed by atoms with van der Waals surface area (Å²) in [5.41, 5.74) is 1.20. The molecule has 1 fully saturated rings. The molecular weight excluding hydrogens is 224 g/mol. The van der Waals surface area contributed by atoms with Crippen LogP contribution in [-0.4, -0.2) is 12.4 Å². The Bertz CT molecular complexity index is 372. The summed E-state index contributed by atoms with van der Waals surface area (Å²) >= 11 is 0. The van der Waals surface area contributed by atoms with Crippen molar-refractivity contribution >= 4 is 0 Å². The lowest BCUT2D eigenvalue weighted by Crippen LogP contribution is -2.33. The molecule has 2 heteroatoms. The Hall–Kier alpha value is -1.12. The van der Waals surface area contributed by atoms with E-state index in [1.54, 1.807) is 0 Å². The van der Waals surface area contributed by atoms with E-state index in [0.29, 0.717) is 12.5 Å². The molecule has 2 rings (SSSR count). The molecule has 1 aromatic rings. The largest absolute Gasteiger partial charge is 0.348 e. The van der Waals surface area contributed by atoms with Crippen molar-refractivity contribution in [1.29, 1.82) is 0 Å². The van der Waals surface area contributed by atoms with Crippen molar-refractivity contribution < 1.29 is 9.47 Å². The van der Waals surface area contributed by atoms with E-state index in [1.807, 2.05) is 25.1 Å². The van der Waals surface area contributed by atoms with E-state index in [0.717, 1.165) is 12.8 Å². The van der Waals surface area contributed by atoms with Crippen LogP contribution in [0.5, 0.6) is 0 Å². The van der Waals surface area contributed by atoms with Crippen LogP contribution in [0.15, 0.2) is 42.5 Å². The highest BCUT2D eigenvalue weighted by Crippen LogP contribution is 2.26. The van der Waals surface area contributed by atoms with E-state index in [1.165, 1.54) is 5.56 Å². The van der Waals surface area contributed by atoms with E-state index < -0.39 is 0 Å². The molecule has 1 aromatic carbocycles. The highest BCUT2D eigenvalue weighted by atomic mass is 16.7. The molecule has 1 unspecified atom stereocenters. The highest BCUT2D eigenvalue weighted by molar-refractivity contribution is 5.13. The summed E-state index contributed by atoms with van der Waals surface area (Å²) in [5, 5.41) is 0. The van der Waals surface area contributed by atoms with Crippen molar-refractivity contribution in [3.8, 4) is 0 Å². The fraction of sp³-hybridized carbons (Fsp3) is 0.500. The summed E-state index contributed by atoms with van der Waals surface area (Å²) in [4.78, 5) is 0. The van der Waals surface area contributed by atoms with Gasteiger partial charge < -0.3 is 9.47 Å². The quantitative estimate of drug-likeness (QED) is 0.750. The summed E-state index contributed by atoms with van der Waals surface area (Å²) in [5.74, 6) is 0.581. The number of allylic oxidation sites excluding steroid dienone is 1. The van der Waals surface area contributed by atoms with Gasteiger partial charge in [0.2, 0.25) is 0 Å². The zero-order valence-electron chi connectivity index (χ0n) is 11.2. The van der Waals surface area contributed by atoms with Gasteiger partial charge in [-0.05, 0) is 31.2 Å². The van der Waals surface area contributed by atoms with Crippen molar-refractivity contribution in [2.75, 3.05) is 0 Å². The molecule has 0 bridgehead atoms. The minimum atomic E-state index is -0.0670. The Morgan fingerprint density at radius 1 is 1.28 bits per heavy atom. The summed E-state index contributed by atoms with van der Waals surface area (Å²) < 4.78 is 11.8. The first kappa shape index (κ1) is 13.3. The molecule has 18 heavy (non-hydrogen) atoms. The van der Waals surface area contributed by atoms with E-state index >= 15 is 0 Å². The van der Waals surface area contributed by atoms with Crippen molar-refractivity contribution in [3.05, 3.63) is 48.0 Å². The Morgan fingerprint density at radius 2 is 2.06 bits per heavy atom. The van der Waals surface area contributed by atoms with Crippen LogP contribution in [0.25, 0.3) is 0 Å². The third-order valence-electron chi connectivity index (χ3n) is 3.39. The normalized spacial score (nSPS) is 28.7. The zero-order valence-corrected chi connectivity index (χ0v) is 11.2. The fourth-order valence-corrected chi connectivity index (χ4v) is 2.25. The van der Waals surface area contributed by atoms with E-state index in [9.17, 15) is 0 Å². The smallest absolute Gasteiger partial charge is 0.158 e. The number of ether oxygens (including phenoxy) is 2. The molecule has 0 aromatic heterocycles. The first-order chi connectivity index (χ1) is 8.79. The molecule has 0 amide bonds. The van der Waals surface area contributed by atoms with Crippen LogP contribution in [-0.2, 0) is 16.1 Å². The first-order valence-corrected chi connectivity index (χ1v) is 6.73. The monoisotopic (exact) mass is 246 g/mol. The van der Waals surface area contributed by atoms with Crippen LogP contribution in [0.1, 0.15) is 32.3 Å². The predicted molar refractivity (Wildman–Crippen MR) is 73.1 cm³/mol. The molecule has 1 aliphatic rings. The fourth-order valence-electron chi connectivity index (χ4n) is 2.25. The van der Waals surface area contributed by atoms with Crippen molar-refractivity contribution in [2.45, 2.75) is 45.7 Å². The summed E-state index contributed by atoms with van der Waals surface area (Å²) in [6, 6.07) is 10.2. The van der Waals surface area contributed by atoms with Gasteiger partial charge in [0.1, 0.15) is 0 Å². The molecule has 0 aliphatic carbocycles. The second-order valence-corrected chi connectivity index (χ2v) is 4.91. The molecule has 2 nitrogen and oxygen atoms in total. The maximum Gasteiger partial charge on any atom is 0.158 e. The zero-order chi connectivity index (χ0) is 12.8. The van der Waals surface area contributed by atoms with E-state index in [-0.39, 0.29) is 12.4 Å². The number of hydrogen-bond donors (Lipinski definition) is 0. The minimum Gasteiger partial charge on any atom is -0.348 e. The lowest BCUT2D eigenvalue weighted by atomic mass is 9.95. The Kier molecular flexibility index (Phi) is 4.97. The lowest BCUT2D eigenvalue weighted by Gasteiger charge is -2.33. The third-order valence-corrected chi connectivity index (χ3v) is 3.39. The molecule has 3 atom stereocenters. The van der Waals surface area contributed by atoms with Gasteiger partial charge in [0.25, 0.3) is 0 Å². The summed E-state index contributed by atoms with van der Waals surface area (Å²) in [6.45, 7) is 4.89. The number of benzene rings is 1. The molecule has 0 spiro atoms. The molecular formula is C16H22O2. The lowest BCUT2D eigenvalue weighted by molar-refractivity contribution is -0.200. The summed E-state index contributed by atoms with van der Waals surface area (Å²) in [7, 11) is 0. The van der Waals surface area contributed by atoms with E-state index in [4.69, 9.17) is 9.47 Å². The standard InChI is InChI=1S/C16H22O2/c1-3-7-15-13(2)10-11-16(18-15)17-12-14-8-5-4-6-9-14/h3-9,13,15-16H,10-12H2,1-2H3/b7-3+/t13-,15+,16?/m0/s1. The third kappa shape index (κ3) is 3.69. The molecule has 1 heterocycles. The van der Waals surface area contributed by atoms with Crippen LogP contribution in [0.3, 0.4) is 0 Å². The number of rotatable bonds is 4. The second-order valence-electron chi connectivity index (χ2n) is 4.91. The average Bonchev–Trinajstić information content (AvgIpc) is 2.41. The van der Waals surface area contributed by atoms with Gasteiger partial charge in [-0.1, -0.05) is 49.4 Å². The molecule has 0 N–H and O–H groups in total. The van der Waals surface area contributed by atoms with Crippen LogP contribution >= 0.6 is 0 Å². The van der Waals surface area contributed by atoms with Gasteiger partial charge in [-0.3, -0.25) is 0 Å². The van der Waals surface area contributed by atoms with Crippen molar-refractivity contribution in [2.24, 2.45) is 5.92 Å². The molecule has 0 saturated carbocycles. The van der Waals surface area contributed by atoms with Crippen molar-refractivity contribution in [3.63, 3.8) is 0 Å². The van der Waals surface area contributed by atoms with Crippen LogP contribution in [0.4, 0.5) is 0 Å². The summed E-state index contributed by atoms with van der Waals surface area (Å²) in [6.07, 6.45) is 6.46. The first-order valence-electron chi connectivity index (χ1n) is 6.73. The van der Waals surface area contributed by atoms with Gasteiger partial charge in [0, 0.05) is 0 Å². The molecule has 1 saturated heterocycles. The van der Waals surface area contributed by atoms with Gasteiger partial charge in [-0.2, -0.15) is 0 Å². The maximum atomic E-state index is 5.95. The minimum absolute atomic E-state index is 0.0670. The predicted octanol–water partition coefficient (Wildman–Crippen LogP) is 3.92. The molecule has 98 valence electrons. The Morgan fingerprint density at radius 3 is 2.78 bits per heavy atom. The topological polar surface area (TPSA) is 18.5 Å². The molecule has 0 radical (unpaired) electrons. The Balaban J connectivity index is 1.83. The van der Waals surface area contributed by atoms with Gasteiger partial charge >= 0.3 is 0 Å². The molecule has 1 aliphatic heterocycles. The number of hydrogen-bond acceptors (Lipinski definition) is 2. The van der Waals surface area contributed by atoms with Gasteiger partial charge in [-0.25, -0.2) is 0 Å².